The lowest BCUT2D eigenvalue weighted by Gasteiger charge is -2.32. The van der Waals surface area contributed by atoms with Gasteiger partial charge in [0.1, 0.15) is 18.3 Å². The van der Waals surface area contributed by atoms with Crippen molar-refractivity contribution in [1.29, 1.82) is 0 Å². The van der Waals surface area contributed by atoms with Crippen molar-refractivity contribution in [2.75, 3.05) is 24.5 Å². The number of sulfonamides is 1. The molecule has 0 saturated carbocycles. The molecule has 0 aliphatic heterocycles. The average molecular weight is 572 g/mol. The summed E-state index contributed by atoms with van der Waals surface area (Å²) >= 11 is 6.20. The van der Waals surface area contributed by atoms with Gasteiger partial charge in [0.2, 0.25) is 11.8 Å². The number of nitrogens with zero attached hydrogens (tertiary/aromatic N) is 2. The first kappa shape index (κ1) is 30.0. The number of amides is 2. The van der Waals surface area contributed by atoms with Crippen molar-refractivity contribution < 1.29 is 22.7 Å². The SMILES string of the molecule is CCCNC(=O)[C@H](C)N(Cc1cccc(C)c1)C(=O)CN(c1cccc(Cl)c1)S(=O)(=O)c1ccc(OC)cc1. The molecule has 39 heavy (non-hydrogen) atoms. The van der Waals surface area contributed by atoms with Crippen molar-refractivity contribution in [3.8, 4) is 5.75 Å². The van der Waals surface area contributed by atoms with Crippen molar-refractivity contribution in [3.05, 3.63) is 88.9 Å². The third-order valence-electron chi connectivity index (χ3n) is 6.17. The second-order valence-corrected chi connectivity index (χ2v) is 11.4. The van der Waals surface area contributed by atoms with Crippen LogP contribution in [0.1, 0.15) is 31.4 Å². The summed E-state index contributed by atoms with van der Waals surface area (Å²) in [7, 11) is -2.71. The topological polar surface area (TPSA) is 96.0 Å². The minimum atomic E-state index is -4.19. The molecule has 0 unspecified atom stereocenters. The standard InChI is InChI=1S/C29H34ClN3O5S/c1-5-16-31-29(35)22(3)32(19-23-9-6-8-21(2)17-23)28(34)20-33(25-11-7-10-24(30)18-25)39(36,37)27-14-12-26(38-4)13-15-27/h6-15,17-18,22H,5,16,19-20H2,1-4H3,(H,31,35)/t22-/m0/s1. The molecule has 1 N–H and O–H groups in total. The van der Waals surface area contributed by atoms with Gasteiger partial charge in [-0.3, -0.25) is 13.9 Å². The molecular weight excluding hydrogens is 538 g/mol. The molecule has 0 bridgehead atoms. The molecule has 3 aromatic rings. The van der Waals surface area contributed by atoms with Crippen molar-refractivity contribution >= 4 is 39.1 Å². The van der Waals surface area contributed by atoms with E-state index >= 15 is 0 Å². The van der Waals surface area contributed by atoms with Crippen molar-refractivity contribution in [1.82, 2.24) is 10.2 Å². The Morgan fingerprint density at radius 3 is 2.33 bits per heavy atom. The number of hydrogen-bond acceptors (Lipinski definition) is 5. The van der Waals surface area contributed by atoms with Crippen LogP contribution >= 0.6 is 11.6 Å². The van der Waals surface area contributed by atoms with Crippen LogP contribution in [-0.2, 0) is 26.2 Å². The molecule has 0 spiro atoms. The van der Waals surface area contributed by atoms with Crippen molar-refractivity contribution in [2.24, 2.45) is 0 Å². The quantitative estimate of drug-likeness (QED) is 0.337. The highest BCUT2D eigenvalue weighted by molar-refractivity contribution is 7.92. The fourth-order valence-electron chi connectivity index (χ4n) is 4.02. The van der Waals surface area contributed by atoms with Gasteiger partial charge in [-0.05, 0) is 68.3 Å². The van der Waals surface area contributed by atoms with E-state index < -0.39 is 28.5 Å². The first-order valence-electron chi connectivity index (χ1n) is 12.6. The van der Waals surface area contributed by atoms with E-state index in [1.165, 1.54) is 42.3 Å². The van der Waals surface area contributed by atoms with E-state index in [9.17, 15) is 18.0 Å². The number of halogens is 1. The fraction of sp³-hybridized carbons (Fsp3) is 0.310. The van der Waals surface area contributed by atoms with Crippen LogP contribution in [0.25, 0.3) is 0 Å². The predicted molar refractivity (Wildman–Crippen MR) is 153 cm³/mol. The molecule has 0 aliphatic carbocycles. The summed E-state index contributed by atoms with van der Waals surface area (Å²) in [4.78, 5) is 28.2. The Balaban J connectivity index is 2.02. The van der Waals surface area contributed by atoms with Gasteiger partial charge >= 0.3 is 0 Å². The van der Waals surface area contributed by atoms with E-state index in [0.29, 0.717) is 17.3 Å². The van der Waals surface area contributed by atoms with Gasteiger partial charge in [0.05, 0.1) is 17.7 Å². The summed E-state index contributed by atoms with van der Waals surface area (Å²) in [5, 5.41) is 3.15. The van der Waals surface area contributed by atoms with Crippen molar-refractivity contribution in [3.63, 3.8) is 0 Å². The van der Waals surface area contributed by atoms with Gasteiger partial charge in [0, 0.05) is 18.1 Å². The van der Waals surface area contributed by atoms with Gasteiger partial charge in [0.15, 0.2) is 0 Å². The Morgan fingerprint density at radius 2 is 1.72 bits per heavy atom. The smallest absolute Gasteiger partial charge is 0.264 e. The maximum Gasteiger partial charge on any atom is 0.264 e. The van der Waals surface area contributed by atoms with Gasteiger partial charge in [-0.1, -0.05) is 54.4 Å². The zero-order valence-electron chi connectivity index (χ0n) is 22.6. The molecule has 10 heteroatoms. The van der Waals surface area contributed by atoms with E-state index in [1.54, 1.807) is 25.1 Å². The predicted octanol–water partition coefficient (Wildman–Crippen LogP) is 4.80. The van der Waals surface area contributed by atoms with Crippen molar-refractivity contribution in [2.45, 2.75) is 44.7 Å². The average Bonchev–Trinajstić information content (AvgIpc) is 2.92. The number of anilines is 1. The second kappa shape index (κ2) is 13.5. The number of methoxy groups -OCH3 is 1. The van der Waals surface area contributed by atoms with Gasteiger partial charge < -0.3 is 15.0 Å². The Kier molecular flexibility index (Phi) is 10.4. The highest BCUT2D eigenvalue weighted by Gasteiger charge is 2.32. The molecule has 2 amide bonds. The largest absolute Gasteiger partial charge is 0.497 e. The Morgan fingerprint density at radius 1 is 1.03 bits per heavy atom. The summed E-state index contributed by atoms with van der Waals surface area (Å²) in [6.07, 6.45) is 0.743. The van der Waals surface area contributed by atoms with Crippen LogP contribution in [0.2, 0.25) is 5.02 Å². The van der Waals surface area contributed by atoms with Crippen LogP contribution in [-0.4, -0.2) is 51.4 Å². The number of carbonyl (C=O) groups excluding carboxylic acids is 2. The fourth-order valence-corrected chi connectivity index (χ4v) is 5.61. The number of carbonyl (C=O) groups is 2. The molecule has 3 rings (SSSR count). The molecule has 0 aliphatic rings. The summed E-state index contributed by atoms with van der Waals surface area (Å²) in [6, 6.07) is 19.0. The molecular formula is C29H34ClN3O5S. The molecule has 208 valence electrons. The molecule has 0 aromatic heterocycles. The lowest BCUT2D eigenvalue weighted by Crippen LogP contribution is -2.51. The van der Waals surface area contributed by atoms with Crippen LogP contribution in [0.15, 0.2) is 77.7 Å². The van der Waals surface area contributed by atoms with Gasteiger partial charge in [-0.15, -0.1) is 0 Å². The minimum absolute atomic E-state index is 0.0185. The third-order valence-corrected chi connectivity index (χ3v) is 8.20. The normalized spacial score (nSPS) is 11.9. The summed E-state index contributed by atoms with van der Waals surface area (Å²) in [5.41, 5.74) is 2.06. The number of rotatable bonds is 12. The Labute approximate surface area is 235 Å². The number of nitrogens with one attached hydrogen (secondary N) is 1. The highest BCUT2D eigenvalue weighted by atomic mass is 35.5. The molecule has 0 saturated heterocycles. The summed E-state index contributed by atoms with van der Waals surface area (Å²) < 4.78 is 33.9. The number of hydrogen-bond donors (Lipinski definition) is 1. The van der Waals surface area contributed by atoms with Crippen LogP contribution in [0, 0.1) is 6.92 Å². The Bertz CT molecular complexity index is 1400. The van der Waals surface area contributed by atoms with Gasteiger partial charge in [0.25, 0.3) is 10.0 Å². The second-order valence-electron chi connectivity index (χ2n) is 9.14. The molecule has 0 fully saturated rings. The monoisotopic (exact) mass is 571 g/mol. The van der Waals surface area contributed by atoms with E-state index in [1.807, 2.05) is 38.1 Å². The lowest BCUT2D eigenvalue weighted by molar-refractivity contribution is -0.139. The zero-order chi connectivity index (χ0) is 28.6. The molecule has 0 radical (unpaired) electrons. The lowest BCUT2D eigenvalue weighted by atomic mass is 10.1. The van der Waals surface area contributed by atoms with E-state index in [0.717, 1.165) is 21.9 Å². The van der Waals surface area contributed by atoms with E-state index in [2.05, 4.69) is 5.32 Å². The summed E-state index contributed by atoms with van der Waals surface area (Å²) in [5.74, 6) is -0.353. The minimum Gasteiger partial charge on any atom is -0.497 e. The first-order chi connectivity index (χ1) is 18.6. The van der Waals surface area contributed by atoms with Crippen LogP contribution in [0.5, 0.6) is 5.75 Å². The van der Waals surface area contributed by atoms with Gasteiger partial charge in [-0.2, -0.15) is 0 Å². The van der Waals surface area contributed by atoms with Crippen LogP contribution in [0.4, 0.5) is 5.69 Å². The molecule has 8 nitrogen and oxygen atoms in total. The molecule has 1 atom stereocenters. The summed E-state index contributed by atoms with van der Waals surface area (Å²) in [6.45, 7) is 5.58. The Hall–Kier alpha value is -3.56. The number of aryl methyl sites for hydroxylation is 1. The van der Waals surface area contributed by atoms with E-state index in [-0.39, 0.29) is 23.0 Å². The third kappa shape index (κ3) is 7.74. The maximum absolute atomic E-state index is 13.9. The van der Waals surface area contributed by atoms with Crippen LogP contribution < -0.4 is 14.4 Å². The highest BCUT2D eigenvalue weighted by Crippen LogP contribution is 2.28. The number of ether oxygens (including phenoxy) is 1. The maximum atomic E-state index is 13.9. The molecule has 3 aromatic carbocycles. The molecule has 0 heterocycles. The van der Waals surface area contributed by atoms with Crippen LogP contribution in [0.3, 0.4) is 0 Å². The van der Waals surface area contributed by atoms with Gasteiger partial charge in [-0.25, -0.2) is 8.42 Å². The zero-order valence-corrected chi connectivity index (χ0v) is 24.1. The first-order valence-corrected chi connectivity index (χ1v) is 14.4. The number of benzene rings is 3. The van der Waals surface area contributed by atoms with E-state index in [4.69, 9.17) is 16.3 Å².